The summed E-state index contributed by atoms with van der Waals surface area (Å²) < 4.78 is 15.9. The molecular weight excluding hydrogens is 308 g/mol. The molecule has 126 valence electrons. The van der Waals surface area contributed by atoms with E-state index in [1.165, 1.54) is 0 Å². The van der Waals surface area contributed by atoms with Crippen LogP contribution < -0.4 is 24.8 Å². The minimum absolute atomic E-state index is 0.0679. The van der Waals surface area contributed by atoms with E-state index < -0.39 is 0 Å². The quantitative estimate of drug-likeness (QED) is 0.811. The molecule has 2 aromatic rings. The van der Waals surface area contributed by atoms with Crippen LogP contribution in [0.3, 0.4) is 0 Å². The van der Waals surface area contributed by atoms with Gasteiger partial charge in [0.15, 0.2) is 11.5 Å². The topological polar surface area (TPSA) is 68.8 Å². The Hall–Kier alpha value is -2.73. The fourth-order valence-corrected chi connectivity index (χ4v) is 2.48. The third-order valence-corrected chi connectivity index (χ3v) is 3.72. The van der Waals surface area contributed by atoms with Crippen molar-refractivity contribution in [2.75, 3.05) is 20.4 Å². The normalized spacial score (nSPS) is 12.0. The van der Waals surface area contributed by atoms with Crippen molar-refractivity contribution in [3.63, 3.8) is 0 Å². The summed E-state index contributed by atoms with van der Waals surface area (Å²) in [7, 11) is 1.62. The second kappa shape index (κ2) is 7.70. The Morgan fingerprint density at radius 1 is 1.12 bits per heavy atom. The van der Waals surface area contributed by atoms with Crippen molar-refractivity contribution in [3.8, 4) is 17.2 Å². The largest absolute Gasteiger partial charge is 0.496 e. The van der Waals surface area contributed by atoms with Crippen molar-refractivity contribution >= 4 is 5.91 Å². The van der Waals surface area contributed by atoms with E-state index in [1.54, 1.807) is 7.11 Å². The molecule has 2 aromatic carbocycles. The predicted molar refractivity (Wildman–Crippen MR) is 89.1 cm³/mol. The van der Waals surface area contributed by atoms with Gasteiger partial charge in [0.1, 0.15) is 5.75 Å². The van der Waals surface area contributed by atoms with Crippen LogP contribution in [0.1, 0.15) is 11.1 Å². The minimum atomic E-state index is -0.0679. The van der Waals surface area contributed by atoms with Gasteiger partial charge in [-0.1, -0.05) is 24.3 Å². The van der Waals surface area contributed by atoms with Crippen LogP contribution in [0.15, 0.2) is 42.5 Å². The molecule has 0 radical (unpaired) electrons. The molecule has 0 aromatic heterocycles. The average Bonchev–Trinajstić information content (AvgIpc) is 3.08. The molecule has 3 rings (SSSR count). The lowest BCUT2D eigenvalue weighted by Gasteiger charge is -2.10. The SMILES string of the molecule is COc1ccccc1CNC(=O)CNCc1ccc2c(c1)OCO2. The molecule has 2 N–H and O–H groups in total. The summed E-state index contributed by atoms with van der Waals surface area (Å²) in [5.41, 5.74) is 1.99. The first-order valence-electron chi connectivity index (χ1n) is 7.74. The van der Waals surface area contributed by atoms with Crippen molar-refractivity contribution in [2.45, 2.75) is 13.1 Å². The summed E-state index contributed by atoms with van der Waals surface area (Å²) in [6.07, 6.45) is 0. The maximum absolute atomic E-state index is 11.9. The van der Waals surface area contributed by atoms with Gasteiger partial charge in [-0.3, -0.25) is 4.79 Å². The number of nitrogens with one attached hydrogen (secondary N) is 2. The van der Waals surface area contributed by atoms with Crippen LogP contribution in [0, 0.1) is 0 Å². The molecule has 1 aliphatic heterocycles. The highest BCUT2D eigenvalue weighted by Gasteiger charge is 2.13. The van der Waals surface area contributed by atoms with Crippen molar-refractivity contribution in [1.29, 1.82) is 0 Å². The number of hydrogen-bond acceptors (Lipinski definition) is 5. The number of ether oxygens (including phenoxy) is 3. The highest BCUT2D eigenvalue weighted by atomic mass is 16.7. The van der Waals surface area contributed by atoms with Gasteiger partial charge in [0, 0.05) is 18.7 Å². The predicted octanol–water partition coefficient (Wildman–Crippen LogP) is 1.83. The smallest absolute Gasteiger partial charge is 0.234 e. The van der Waals surface area contributed by atoms with Gasteiger partial charge < -0.3 is 24.8 Å². The summed E-state index contributed by atoms with van der Waals surface area (Å²) in [5.74, 6) is 2.20. The van der Waals surface area contributed by atoms with Crippen LogP contribution in [-0.4, -0.2) is 26.4 Å². The Morgan fingerprint density at radius 2 is 1.96 bits per heavy atom. The first-order valence-corrected chi connectivity index (χ1v) is 7.74. The Bertz CT molecular complexity index is 718. The zero-order valence-corrected chi connectivity index (χ0v) is 13.5. The number of fused-ring (bicyclic) bond motifs is 1. The van der Waals surface area contributed by atoms with Crippen molar-refractivity contribution in [3.05, 3.63) is 53.6 Å². The average molecular weight is 328 g/mol. The molecule has 0 bridgehead atoms. The van der Waals surface area contributed by atoms with E-state index in [-0.39, 0.29) is 19.2 Å². The number of benzene rings is 2. The van der Waals surface area contributed by atoms with Gasteiger partial charge in [0.05, 0.1) is 13.7 Å². The number of hydrogen-bond donors (Lipinski definition) is 2. The van der Waals surface area contributed by atoms with Crippen molar-refractivity contribution in [2.24, 2.45) is 0 Å². The molecule has 1 aliphatic rings. The molecule has 0 saturated heterocycles. The van der Waals surface area contributed by atoms with Crippen LogP contribution in [0.4, 0.5) is 0 Å². The van der Waals surface area contributed by atoms with Crippen LogP contribution in [0.5, 0.6) is 17.2 Å². The number of carbonyl (C=O) groups excluding carboxylic acids is 1. The highest BCUT2D eigenvalue weighted by molar-refractivity contribution is 5.78. The van der Waals surface area contributed by atoms with Crippen LogP contribution in [0.25, 0.3) is 0 Å². The van der Waals surface area contributed by atoms with Gasteiger partial charge in [-0.2, -0.15) is 0 Å². The maximum Gasteiger partial charge on any atom is 0.234 e. The van der Waals surface area contributed by atoms with Crippen molar-refractivity contribution < 1.29 is 19.0 Å². The molecule has 0 unspecified atom stereocenters. The van der Waals surface area contributed by atoms with Gasteiger partial charge in [-0.05, 0) is 23.8 Å². The van der Waals surface area contributed by atoms with Crippen LogP contribution >= 0.6 is 0 Å². The summed E-state index contributed by atoms with van der Waals surface area (Å²) in [5, 5.41) is 5.99. The van der Waals surface area contributed by atoms with Gasteiger partial charge >= 0.3 is 0 Å². The minimum Gasteiger partial charge on any atom is -0.496 e. The second-order valence-electron chi connectivity index (χ2n) is 5.38. The van der Waals surface area contributed by atoms with Crippen molar-refractivity contribution in [1.82, 2.24) is 10.6 Å². The summed E-state index contributed by atoms with van der Waals surface area (Å²) >= 11 is 0. The number of para-hydroxylation sites is 1. The van der Waals surface area contributed by atoms with E-state index in [0.717, 1.165) is 28.4 Å². The summed E-state index contributed by atoms with van der Waals surface area (Å²) in [6.45, 7) is 1.52. The Balaban J connectivity index is 1.43. The lowest BCUT2D eigenvalue weighted by atomic mass is 10.2. The lowest BCUT2D eigenvalue weighted by Crippen LogP contribution is -2.33. The van der Waals surface area contributed by atoms with Gasteiger partial charge in [0.25, 0.3) is 0 Å². The number of amides is 1. The highest BCUT2D eigenvalue weighted by Crippen LogP contribution is 2.32. The molecule has 0 fully saturated rings. The molecule has 0 saturated carbocycles. The van der Waals surface area contributed by atoms with E-state index in [1.807, 2.05) is 42.5 Å². The van der Waals surface area contributed by atoms with Gasteiger partial charge in [0.2, 0.25) is 12.7 Å². The standard InChI is InChI=1S/C18H20N2O4/c1-22-15-5-3-2-4-14(15)10-20-18(21)11-19-9-13-6-7-16-17(8-13)24-12-23-16/h2-8,19H,9-12H2,1H3,(H,20,21). The number of rotatable bonds is 7. The summed E-state index contributed by atoms with van der Waals surface area (Å²) in [6, 6.07) is 13.4. The monoisotopic (exact) mass is 328 g/mol. The van der Waals surface area contributed by atoms with E-state index in [0.29, 0.717) is 13.1 Å². The zero-order chi connectivity index (χ0) is 16.8. The Labute approximate surface area is 140 Å². The fraction of sp³-hybridized carbons (Fsp3) is 0.278. The van der Waals surface area contributed by atoms with E-state index in [2.05, 4.69) is 10.6 Å². The van der Waals surface area contributed by atoms with Crippen LogP contribution in [0.2, 0.25) is 0 Å². The summed E-state index contributed by atoms with van der Waals surface area (Å²) in [4.78, 5) is 11.9. The number of methoxy groups -OCH3 is 1. The van der Waals surface area contributed by atoms with Gasteiger partial charge in [-0.15, -0.1) is 0 Å². The van der Waals surface area contributed by atoms with Crippen LogP contribution in [-0.2, 0) is 17.9 Å². The lowest BCUT2D eigenvalue weighted by molar-refractivity contribution is -0.120. The Morgan fingerprint density at radius 3 is 2.83 bits per heavy atom. The fourth-order valence-electron chi connectivity index (χ4n) is 2.48. The zero-order valence-electron chi connectivity index (χ0n) is 13.5. The molecule has 1 heterocycles. The molecule has 6 nitrogen and oxygen atoms in total. The molecule has 24 heavy (non-hydrogen) atoms. The molecule has 1 amide bonds. The third kappa shape index (κ3) is 3.97. The molecule has 0 aliphatic carbocycles. The first kappa shape index (κ1) is 16.1. The maximum atomic E-state index is 11.9. The number of carbonyl (C=O) groups is 1. The van der Waals surface area contributed by atoms with Gasteiger partial charge in [-0.25, -0.2) is 0 Å². The van der Waals surface area contributed by atoms with E-state index in [4.69, 9.17) is 14.2 Å². The Kier molecular flexibility index (Phi) is 5.18. The second-order valence-corrected chi connectivity index (χ2v) is 5.38. The van der Waals surface area contributed by atoms with E-state index in [9.17, 15) is 4.79 Å². The molecule has 6 heteroatoms. The first-order chi connectivity index (χ1) is 11.8. The molecule has 0 atom stereocenters. The van der Waals surface area contributed by atoms with E-state index >= 15 is 0 Å². The third-order valence-electron chi connectivity index (χ3n) is 3.72. The molecular formula is C18H20N2O4. The molecule has 0 spiro atoms.